The fourth-order valence-electron chi connectivity index (χ4n) is 4.60. The minimum atomic E-state index is -1.58. The topological polar surface area (TPSA) is 168 Å². The highest BCUT2D eigenvalue weighted by atomic mass is 16.7. The quantitative estimate of drug-likeness (QED) is 0.265. The lowest BCUT2D eigenvalue weighted by Gasteiger charge is -2.39. The van der Waals surface area contributed by atoms with E-state index in [1.54, 1.807) is 36.4 Å². The van der Waals surface area contributed by atoms with E-state index in [0.29, 0.717) is 17.1 Å². The first-order valence-electron chi connectivity index (χ1n) is 11.8. The van der Waals surface area contributed by atoms with Crippen molar-refractivity contribution in [2.24, 2.45) is 0 Å². The predicted molar refractivity (Wildman–Crippen MR) is 130 cm³/mol. The van der Waals surface area contributed by atoms with Crippen LogP contribution in [0.1, 0.15) is 28.7 Å². The molecule has 2 aliphatic heterocycles. The van der Waals surface area contributed by atoms with Gasteiger partial charge in [-0.05, 0) is 35.4 Å². The van der Waals surface area contributed by atoms with Gasteiger partial charge >= 0.3 is 0 Å². The summed E-state index contributed by atoms with van der Waals surface area (Å²) in [5.41, 5.74) is 2.21. The summed E-state index contributed by atoms with van der Waals surface area (Å²) in [5, 5.41) is 59.1. The number of benzene rings is 2. The van der Waals surface area contributed by atoms with Crippen LogP contribution < -0.4 is 18.9 Å². The van der Waals surface area contributed by atoms with Gasteiger partial charge in [0.1, 0.15) is 30.5 Å². The average Bonchev–Trinajstić information content (AvgIpc) is 3.30. The summed E-state index contributed by atoms with van der Waals surface area (Å²) >= 11 is 0. The number of rotatable bonds is 9. The Balaban J connectivity index is 1.61. The molecule has 11 heteroatoms. The number of fused-ring (bicyclic) bond motifs is 1. The van der Waals surface area contributed by atoms with Gasteiger partial charge in [-0.15, -0.1) is 0 Å². The van der Waals surface area contributed by atoms with Crippen molar-refractivity contribution in [3.05, 3.63) is 53.1 Å². The van der Waals surface area contributed by atoms with Crippen LogP contribution in [0.25, 0.3) is 6.08 Å². The first-order valence-corrected chi connectivity index (χ1v) is 11.8. The normalized spacial score (nSPS) is 29.1. The molecule has 37 heavy (non-hydrogen) atoms. The smallest absolute Gasteiger partial charge is 0.229 e. The van der Waals surface area contributed by atoms with Gasteiger partial charge in [0.15, 0.2) is 23.0 Å². The van der Waals surface area contributed by atoms with Gasteiger partial charge in [-0.2, -0.15) is 0 Å². The molecule has 2 aliphatic rings. The zero-order chi connectivity index (χ0) is 26.7. The molecular weight excluding hydrogens is 488 g/mol. The molecule has 2 aromatic carbocycles. The molecule has 0 spiro atoms. The van der Waals surface area contributed by atoms with Gasteiger partial charge in [-0.1, -0.05) is 18.2 Å². The monoisotopic (exact) mass is 520 g/mol. The number of aliphatic hydroxyl groups is 6. The molecule has 4 rings (SSSR count). The first-order chi connectivity index (χ1) is 17.9. The average molecular weight is 521 g/mol. The molecule has 0 radical (unpaired) electrons. The van der Waals surface area contributed by atoms with Crippen LogP contribution in [0.4, 0.5) is 0 Å². The van der Waals surface area contributed by atoms with E-state index >= 15 is 0 Å². The number of methoxy groups -OCH3 is 2. The van der Waals surface area contributed by atoms with Crippen LogP contribution in [0.3, 0.4) is 0 Å². The Bertz CT molecular complexity index is 1100. The van der Waals surface area contributed by atoms with Crippen molar-refractivity contribution in [2.75, 3.05) is 34.0 Å². The maximum atomic E-state index is 10.3. The number of hydrogen-bond acceptors (Lipinski definition) is 11. The second kappa shape index (κ2) is 11.7. The van der Waals surface area contributed by atoms with Gasteiger partial charge in [0.05, 0.1) is 40.0 Å². The summed E-state index contributed by atoms with van der Waals surface area (Å²) in [6.07, 6.45) is -4.38. The van der Waals surface area contributed by atoms with Crippen molar-refractivity contribution in [2.45, 2.75) is 42.7 Å². The molecular formula is C26H32O11. The molecule has 1 saturated heterocycles. The zero-order valence-electron chi connectivity index (χ0n) is 20.4. The summed E-state index contributed by atoms with van der Waals surface area (Å²) in [6, 6.07) is 8.60. The van der Waals surface area contributed by atoms with Crippen LogP contribution in [0, 0.1) is 0 Å². The van der Waals surface area contributed by atoms with E-state index in [4.69, 9.17) is 28.8 Å². The molecule has 7 atom stereocenters. The molecule has 0 saturated carbocycles. The molecule has 1 fully saturated rings. The number of aliphatic hydroxyl groups excluding tert-OH is 6. The van der Waals surface area contributed by atoms with Crippen molar-refractivity contribution >= 4 is 6.08 Å². The Morgan fingerprint density at radius 1 is 0.865 bits per heavy atom. The molecule has 2 aromatic rings. The highest BCUT2D eigenvalue weighted by Gasteiger charge is 2.45. The van der Waals surface area contributed by atoms with Crippen LogP contribution in [-0.2, 0) is 4.74 Å². The molecule has 2 heterocycles. The summed E-state index contributed by atoms with van der Waals surface area (Å²) in [4.78, 5) is 0. The lowest BCUT2D eigenvalue weighted by atomic mass is 9.90. The van der Waals surface area contributed by atoms with Gasteiger partial charge in [0.2, 0.25) is 6.29 Å². The van der Waals surface area contributed by atoms with Crippen molar-refractivity contribution in [3.8, 4) is 23.0 Å². The fraction of sp³-hybridized carbons (Fsp3) is 0.462. The molecule has 0 bridgehead atoms. The lowest BCUT2D eigenvalue weighted by Crippen LogP contribution is -2.60. The van der Waals surface area contributed by atoms with Crippen molar-refractivity contribution in [1.82, 2.24) is 0 Å². The maximum Gasteiger partial charge on any atom is 0.229 e. The number of hydrogen-bond donors (Lipinski definition) is 6. The second-order valence-corrected chi connectivity index (χ2v) is 8.78. The van der Waals surface area contributed by atoms with Gasteiger partial charge in [0, 0.05) is 5.56 Å². The van der Waals surface area contributed by atoms with Crippen molar-refractivity contribution in [1.29, 1.82) is 0 Å². The molecule has 6 N–H and O–H groups in total. The van der Waals surface area contributed by atoms with E-state index < -0.39 is 49.3 Å². The van der Waals surface area contributed by atoms with E-state index in [-0.39, 0.29) is 24.7 Å². The van der Waals surface area contributed by atoms with E-state index in [1.807, 2.05) is 6.07 Å². The summed E-state index contributed by atoms with van der Waals surface area (Å²) in [7, 11) is 2.95. The Kier molecular flexibility index (Phi) is 8.55. The van der Waals surface area contributed by atoms with Crippen LogP contribution in [-0.4, -0.2) is 95.4 Å². The maximum absolute atomic E-state index is 10.3. The third-order valence-electron chi connectivity index (χ3n) is 6.56. The molecule has 0 aliphatic carbocycles. The van der Waals surface area contributed by atoms with E-state index in [0.717, 1.165) is 11.1 Å². The van der Waals surface area contributed by atoms with Crippen molar-refractivity contribution in [3.63, 3.8) is 0 Å². The Morgan fingerprint density at radius 2 is 1.62 bits per heavy atom. The highest BCUT2D eigenvalue weighted by molar-refractivity contribution is 5.62. The van der Waals surface area contributed by atoms with Crippen LogP contribution >= 0.6 is 0 Å². The van der Waals surface area contributed by atoms with Crippen LogP contribution in [0.15, 0.2) is 36.4 Å². The fourth-order valence-corrected chi connectivity index (χ4v) is 4.60. The standard InChI is InChI=1S/C26H32O11/c1-33-18-10-14(5-6-17(18)35-26-23(32)22(31)21(30)20(12-29)36-26)24-16(11-28)15-8-13(4-3-7-27)9-19(34-2)25(15)37-24/h3-6,8-10,16,20-24,26-32H,7,11-12H2,1-2H3/b4-3+/t16?,20-,21-,22+,23-,24?,26-/m1/s1. The Morgan fingerprint density at radius 3 is 2.27 bits per heavy atom. The largest absolute Gasteiger partial charge is 0.493 e. The molecule has 2 unspecified atom stereocenters. The van der Waals surface area contributed by atoms with Gasteiger partial charge in [-0.25, -0.2) is 0 Å². The summed E-state index contributed by atoms with van der Waals surface area (Å²) in [6.45, 7) is -0.900. The predicted octanol–water partition coefficient (Wildman–Crippen LogP) is 0.0976. The van der Waals surface area contributed by atoms with Gasteiger partial charge < -0.3 is 54.3 Å². The van der Waals surface area contributed by atoms with E-state index in [9.17, 15) is 25.5 Å². The first kappa shape index (κ1) is 27.1. The molecule has 0 aromatic heterocycles. The summed E-state index contributed by atoms with van der Waals surface area (Å²) < 4.78 is 28.4. The lowest BCUT2D eigenvalue weighted by molar-refractivity contribution is -0.277. The minimum Gasteiger partial charge on any atom is -0.493 e. The van der Waals surface area contributed by atoms with Crippen LogP contribution in [0.5, 0.6) is 23.0 Å². The Hall–Kier alpha value is -2.90. The molecule has 202 valence electrons. The minimum absolute atomic E-state index is 0.112. The SMILES string of the molecule is COc1cc(C2Oc3c(OC)cc(/C=C/CO)cc3C2CO)ccc1O[C@@H]1O[C@H](CO)[C@@H](O)[C@H](O)[C@H]1O. The molecule has 11 nitrogen and oxygen atoms in total. The third kappa shape index (κ3) is 5.25. The highest BCUT2D eigenvalue weighted by Crippen LogP contribution is 2.51. The van der Waals surface area contributed by atoms with Gasteiger partial charge in [0.25, 0.3) is 0 Å². The molecule has 0 amide bonds. The van der Waals surface area contributed by atoms with E-state index in [2.05, 4.69) is 0 Å². The van der Waals surface area contributed by atoms with Gasteiger partial charge in [-0.3, -0.25) is 0 Å². The number of ether oxygens (including phenoxy) is 5. The third-order valence-corrected chi connectivity index (χ3v) is 6.56. The van der Waals surface area contributed by atoms with Crippen molar-refractivity contribution < 1.29 is 54.3 Å². The Labute approximate surface area is 213 Å². The zero-order valence-corrected chi connectivity index (χ0v) is 20.4. The second-order valence-electron chi connectivity index (χ2n) is 8.78. The van der Waals surface area contributed by atoms with Crippen LogP contribution in [0.2, 0.25) is 0 Å². The summed E-state index contributed by atoms with van der Waals surface area (Å²) in [5.74, 6) is 1.03. The van der Waals surface area contributed by atoms with E-state index in [1.165, 1.54) is 14.2 Å².